The van der Waals surface area contributed by atoms with Gasteiger partial charge in [-0.05, 0) is 19.8 Å². The SMILES string of the molecule is CC(O)(CO)CNC1CCCCCC1. The average Bonchev–Trinajstić information content (AvgIpc) is 2.43. The highest BCUT2D eigenvalue weighted by molar-refractivity contribution is 4.78. The molecule has 0 saturated heterocycles. The molecule has 1 unspecified atom stereocenters. The summed E-state index contributed by atoms with van der Waals surface area (Å²) in [5.74, 6) is 0. The molecule has 1 fully saturated rings. The molecule has 0 heterocycles. The van der Waals surface area contributed by atoms with Crippen LogP contribution in [0.1, 0.15) is 45.4 Å². The molecule has 0 aliphatic heterocycles. The third-order valence-electron chi connectivity index (χ3n) is 2.97. The molecule has 84 valence electrons. The van der Waals surface area contributed by atoms with E-state index in [1.54, 1.807) is 6.92 Å². The highest BCUT2D eigenvalue weighted by Gasteiger charge is 2.20. The van der Waals surface area contributed by atoms with Crippen molar-refractivity contribution in [2.45, 2.75) is 57.1 Å². The molecule has 1 aliphatic rings. The molecule has 0 bridgehead atoms. The van der Waals surface area contributed by atoms with Gasteiger partial charge >= 0.3 is 0 Å². The van der Waals surface area contributed by atoms with Gasteiger partial charge in [0.1, 0.15) is 0 Å². The molecule has 0 aromatic heterocycles. The van der Waals surface area contributed by atoms with Crippen LogP contribution >= 0.6 is 0 Å². The molecule has 1 atom stereocenters. The van der Waals surface area contributed by atoms with E-state index < -0.39 is 5.60 Å². The normalized spacial score (nSPS) is 24.2. The Labute approximate surface area is 86.5 Å². The summed E-state index contributed by atoms with van der Waals surface area (Å²) in [6, 6.07) is 0.538. The molecule has 0 amide bonds. The van der Waals surface area contributed by atoms with E-state index in [-0.39, 0.29) is 6.61 Å². The van der Waals surface area contributed by atoms with Crippen molar-refractivity contribution in [1.29, 1.82) is 0 Å². The molecule has 0 radical (unpaired) electrons. The van der Waals surface area contributed by atoms with E-state index in [2.05, 4.69) is 5.32 Å². The highest BCUT2D eigenvalue weighted by Crippen LogP contribution is 2.17. The molecule has 3 nitrogen and oxygen atoms in total. The average molecular weight is 201 g/mol. The Hall–Kier alpha value is -0.120. The molecule has 14 heavy (non-hydrogen) atoms. The van der Waals surface area contributed by atoms with Crippen LogP contribution in [0.5, 0.6) is 0 Å². The van der Waals surface area contributed by atoms with Crippen LogP contribution in [0.25, 0.3) is 0 Å². The molecular weight excluding hydrogens is 178 g/mol. The lowest BCUT2D eigenvalue weighted by Gasteiger charge is -2.24. The molecule has 3 N–H and O–H groups in total. The summed E-state index contributed by atoms with van der Waals surface area (Å²) in [6.45, 7) is 1.98. The summed E-state index contributed by atoms with van der Waals surface area (Å²) >= 11 is 0. The Balaban J connectivity index is 2.22. The number of hydrogen-bond acceptors (Lipinski definition) is 3. The van der Waals surface area contributed by atoms with Gasteiger partial charge < -0.3 is 15.5 Å². The van der Waals surface area contributed by atoms with Crippen molar-refractivity contribution in [3.63, 3.8) is 0 Å². The van der Waals surface area contributed by atoms with Gasteiger partial charge in [0, 0.05) is 12.6 Å². The van der Waals surface area contributed by atoms with E-state index >= 15 is 0 Å². The van der Waals surface area contributed by atoms with Crippen molar-refractivity contribution >= 4 is 0 Å². The minimum Gasteiger partial charge on any atom is -0.393 e. The summed E-state index contributed by atoms with van der Waals surface area (Å²) in [7, 11) is 0. The minimum absolute atomic E-state index is 0.174. The monoisotopic (exact) mass is 201 g/mol. The first-order valence-electron chi connectivity index (χ1n) is 5.71. The third kappa shape index (κ3) is 4.40. The molecule has 1 rings (SSSR count). The lowest BCUT2D eigenvalue weighted by atomic mass is 10.1. The fourth-order valence-electron chi connectivity index (χ4n) is 1.90. The summed E-state index contributed by atoms with van der Waals surface area (Å²) in [5, 5.41) is 21.8. The fraction of sp³-hybridized carbons (Fsp3) is 1.00. The Bertz CT molecular complexity index is 151. The second-order valence-corrected chi connectivity index (χ2v) is 4.72. The predicted octanol–water partition coefficient (Wildman–Crippen LogP) is 1.04. The minimum atomic E-state index is -0.966. The quantitative estimate of drug-likeness (QED) is 0.596. The molecule has 0 spiro atoms. The van der Waals surface area contributed by atoms with E-state index in [1.165, 1.54) is 38.5 Å². The van der Waals surface area contributed by atoms with E-state index in [4.69, 9.17) is 5.11 Å². The number of aliphatic hydroxyl groups is 2. The smallest absolute Gasteiger partial charge is 0.0972 e. The van der Waals surface area contributed by atoms with Crippen LogP contribution in [-0.4, -0.2) is 35.0 Å². The molecule has 1 aliphatic carbocycles. The van der Waals surface area contributed by atoms with Gasteiger partial charge in [-0.15, -0.1) is 0 Å². The molecule has 3 heteroatoms. The summed E-state index contributed by atoms with van der Waals surface area (Å²) in [4.78, 5) is 0. The lowest BCUT2D eigenvalue weighted by molar-refractivity contribution is 0.000411. The van der Waals surface area contributed by atoms with Gasteiger partial charge in [0.2, 0.25) is 0 Å². The maximum absolute atomic E-state index is 9.61. The van der Waals surface area contributed by atoms with E-state index in [0.29, 0.717) is 12.6 Å². The fourth-order valence-corrected chi connectivity index (χ4v) is 1.90. The largest absolute Gasteiger partial charge is 0.393 e. The van der Waals surface area contributed by atoms with Gasteiger partial charge in [-0.2, -0.15) is 0 Å². The van der Waals surface area contributed by atoms with Gasteiger partial charge in [0.05, 0.1) is 12.2 Å². The molecule has 0 aromatic carbocycles. The number of rotatable bonds is 4. The summed E-state index contributed by atoms with van der Waals surface area (Å²) in [5.41, 5.74) is -0.966. The molecular formula is C11H23NO2. The van der Waals surface area contributed by atoms with Gasteiger partial charge in [0.15, 0.2) is 0 Å². The predicted molar refractivity (Wildman–Crippen MR) is 57.2 cm³/mol. The van der Waals surface area contributed by atoms with Gasteiger partial charge in [-0.1, -0.05) is 25.7 Å². The summed E-state index contributed by atoms with van der Waals surface area (Å²) < 4.78 is 0. The third-order valence-corrected chi connectivity index (χ3v) is 2.97. The van der Waals surface area contributed by atoms with Gasteiger partial charge in [-0.3, -0.25) is 0 Å². The van der Waals surface area contributed by atoms with Crippen LogP contribution in [0.4, 0.5) is 0 Å². The lowest BCUT2D eigenvalue weighted by Crippen LogP contribution is -2.44. The maximum Gasteiger partial charge on any atom is 0.0972 e. The topological polar surface area (TPSA) is 52.5 Å². The Kier molecular flexibility index (Phi) is 4.85. The van der Waals surface area contributed by atoms with Crippen LogP contribution in [0.2, 0.25) is 0 Å². The maximum atomic E-state index is 9.61. The van der Waals surface area contributed by atoms with Crippen molar-refractivity contribution in [3.8, 4) is 0 Å². The van der Waals surface area contributed by atoms with E-state index in [9.17, 15) is 5.11 Å². The van der Waals surface area contributed by atoms with Gasteiger partial charge in [-0.25, -0.2) is 0 Å². The van der Waals surface area contributed by atoms with Crippen LogP contribution in [0, 0.1) is 0 Å². The first kappa shape index (κ1) is 12.0. The van der Waals surface area contributed by atoms with Gasteiger partial charge in [0.25, 0.3) is 0 Å². The second kappa shape index (κ2) is 5.69. The number of aliphatic hydroxyl groups excluding tert-OH is 1. The molecule has 0 aromatic rings. The van der Waals surface area contributed by atoms with Crippen molar-refractivity contribution < 1.29 is 10.2 Å². The Morgan fingerprint density at radius 2 is 1.79 bits per heavy atom. The highest BCUT2D eigenvalue weighted by atomic mass is 16.3. The zero-order chi connectivity index (χ0) is 10.4. The standard InChI is InChI=1S/C11H23NO2/c1-11(14,9-13)8-12-10-6-4-2-3-5-7-10/h10,12-14H,2-9H2,1H3. The van der Waals surface area contributed by atoms with Crippen LogP contribution in [0.3, 0.4) is 0 Å². The van der Waals surface area contributed by atoms with Crippen LogP contribution < -0.4 is 5.32 Å². The van der Waals surface area contributed by atoms with Crippen molar-refractivity contribution in [1.82, 2.24) is 5.32 Å². The van der Waals surface area contributed by atoms with E-state index in [0.717, 1.165) is 0 Å². The number of nitrogens with one attached hydrogen (secondary N) is 1. The first-order valence-corrected chi connectivity index (χ1v) is 5.71. The van der Waals surface area contributed by atoms with E-state index in [1.807, 2.05) is 0 Å². The van der Waals surface area contributed by atoms with Crippen molar-refractivity contribution in [3.05, 3.63) is 0 Å². The zero-order valence-corrected chi connectivity index (χ0v) is 9.13. The molecule has 1 saturated carbocycles. The van der Waals surface area contributed by atoms with Crippen LogP contribution in [0.15, 0.2) is 0 Å². The van der Waals surface area contributed by atoms with Crippen molar-refractivity contribution in [2.24, 2.45) is 0 Å². The van der Waals surface area contributed by atoms with Crippen molar-refractivity contribution in [2.75, 3.05) is 13.2 Å². The number of hydrogen-bond donors (Lipinski definition) is 3. The Morgan fingerprint density at radius 1 is 1.21 bits per heavy atom. The summed E-state index contributed by atoms with van der Waals surface area (Å²) in [6.07, 6.45) is 7.68. The second-order valence-electron chi connectivity index (χ2n) is 4.72. The Morgan fingerprint density at radius 3 is 2.29 bits per heavy atom. The van der Waals surface area contributed by atoms with Crippen LogP contribution in [-0.2, 0) is 0 Å². The first-order chi connectivity index (χ1) is 6.64. The zero-order valence-electron chi connectivity index (χ0n) is 9.13.